The first-order chi connectivity index (χ1) is 10.2. The summed E-state index contributed by atoms with van der Waals surface area (Å²) in [5.74, 6) is 3.12. The van der Waals surface area contributed by atoms with Gasteiger partial charge in [0, 0.05) is 5.69 Å². The first kappa shape index (κ1) is 14.2. The molecule has 0 saturated heterocycles. The van der Waals surface area contributed by atoms with Crippen molar-refractivity contribution in [3.05, 3.63) is 59.7 Å². The standard InChI is InChI=1S/C18H14N2O/c1-2-11-21-18-9-3-14(4-10-18)12-16(13-19)15-5-7-17(20)8-6-15/h1,3-10,12H,11,20H2/b16-12+. The molecule has 102 valence electrons. The fourth-order valence-corrected chi connectivity index (χ4v) is 1.79. The SMILES string of the molecule is C#CCOc1ccc(/C=C(\C#N)c2ccc(N)cc2)cc1. The fourth-order valence-electron chi connectivity index (χ4n) is 1.79. The van der Waals surface area contributed by atoms with Gasteiger partial charge >= 0.3 is 0 Å². The summed E-state index contributed by atoms with van der Waals surface area (Å²) in [4.78, 5) is 0. The molecular formula is C18H14N2O. The van der Waals surface area contributed by atoms with E-state index < -0.39 is 0 Å². The average Bonchev–Trinajstić information content (AvgIpc) is 2.53. The second-order valence-corrected chi connectivity index (χ2v) is 4.35. The van der Waals surface area contributed by atoms with Gasteiger partial charge in [-0.2, -0.15) is 5.26 Å². The first-order valence-corrected chi connectivity index (χ1v) is 6.37. The van der Waals surface area contributed by atoms with Crippen molar-refractivity contribution >= 4 is 17.3 Å². The molecule has 2 rings (SSSR count). The van der Waals surface area contributed by atoms with E-state index in [1.54, 1.807) is 12.1 Å². The number of rotatable bonds is 4. The van der Waals surface area contributed by atoms with Gasteiger partial charge in [0.15, 0.2) is 0 Å². The molecule has 0 spiro atoms. The van der Waals surface area contributed by atoms with Gasteiger partial charge in [0.05, 0.1) is 11.6 Å². The molecule has 0 radical (unpaired) electrons. The maximum Gasteiger partial charge on any atom is 0.148 e. The molecule has 2 aromatic rings. The molecule has 0 amide bonds. The Balaban J connectivity index is 2.22. The van der Waals surface area contributed by atoms with E-state index in [1.165, 1.54) is 0 Å². The second kappa shape index (κ2) is 6.84. The summed E-state index contributed by atoms with van der Waals surface area (Å²) >= 11 is 0. The van der Waals surface area contributed by atoms with Gasteiger partial charge in [-0.3, -0.25) is 0 Å². The summed E-state index contributed by atoms with van der Waals surface area (Å²) in [6.07, 6.45) is 6.95. The molecule has 0 bridgehead atoms. The number of ether oxygens (including phenoxy) is 1. The van der Waals surface area contributed by atoms with Gasteiger partial charge in [0.1, 0.15) is 12.4 Å². The number of nitriles is 1. The Labute approximate surface area is 124 Å². The van der Waals surface area contributed by atoms with Crippen LogP contribution in [-0.4, -0.2) is 6.61 Å². The molecule has 2 aromatic carbocycles. The van der Waals surface area contributed by atoms with Crippen LogP contribution in [0.2, 0.25) is 0 Å². The smallest absolute Gasteiger partial charge is 0.148 e. The Morgan fingerprint density at radius 2 is 1.81 bits per heavy atom. The van der Waals surface area contributed by atoms with Crippen molar-refractivity contribution in [3.8, 4) is 24.2 Å². The zero-order valence-electron chi connectivity index (χ0n) is 11.4. The van der Waals surface area contributed by atoms with Gasteiger partial charge in [-0.1, -0.05) is 30.2 Å². The van der Waals surface area contributed by atoms with Crippen molar-refractivity contribution in [1.82, 2.24) is 0 Å². The number of hydrogen-bond acceptors (Lipinski definition) is 3. The van der Waals surface area contributed by atoms with Crippen molar-refractivity contribution in [3.63, 3.8) is 0 Å². The van der Waals surface area contributed by atoms with Crippen molar-refractivity contribution in [1.29, 1.82) is 5.26 Å². The third-order valence-corrected chi connectivity index (χ3v) is 2.86. The molecule has 0 heterocycles. The molecule has 0 aliphatic heterocycles. The Morgan fingerprint density at radius 1 is 1.14 bits per heavy atom. The van der Waals surface area contributed by atoms with Crippen LogP contribution in [0.3, 0.4) is 0 Å². The number of hydrogen-bond donors (Lipinski definition) is 1. The summed E-state index contributed by atoms with van der Waals surface area (Å²) in [6.45, 7) is 0.240. The van der Waals surface area contributed by atoms with Crippen LogP contribution in [-0.2, 0) is 0 Å². The summed E-state index contributed by atoms with van der Waals surface area (Å²) in [5, 5.41) is 9.28. The van der Waals surface area contributed by atoms with Gasteiger partial charge in [0.2, 0.25) is 0 Å². The molecule has 0 aliphatic rings. The minimum absolute atomic E-state index is 0.240. The van der Waals surface area contributed by atoms with Crippen LogP contribution in [0.4, 0.5) is 5.69 Å². The van der Waals surface area contributed by atoms with Crippen molar-refractivity contribution in [2.75, 3.05) is 12.3 Å². The third-order valence-electron chi connectivity index (χ3n) is 2.86. The molecule has 3 nitrogen and oxygen atoms in total. The Bertz CT molecular complexity index is 714. The number of allylic oxidation sites excluding steroid dienone is 1. The molecular weight excluding hydrogens is 260 g/mol. The summed E-state index contributed by atoms with van der Waals surface area (Å²) in [6, 6.07) is 16.8. The second-order valence-electron chi connectivity index (χ2n) is 4.35. The van der Waals surface area contributed by atoms with Gasteiger partial charge in [-0.05, 0) is 41.5 Å². The Hall–Kier alpha value is -3.17. The van der Waals surface area contributed by atoms with E-state index in [4.69, 9.17) is 16.9 Å². The van der Waals surface area contributed by atoms with Crippen LogP contribution in [0.15, 0.2) is 48.5 Å². The molecule has 0 saturated carbocycles. The summed E-state index contributed by atoms with van der Waals surface area (Å²) in [5.41, 5.74) is 8.64. The topological polar surface area (TPSA) is 59.0 Å². The van der Waals surface area contributed by atoms with Gasteiger partial charge < -0.3 is 10.5 Å². The number of nitrogens with zero attached hydrogens (tertiary/aromatic N) is 1. The fraction of sp³-hybridized carbons (Fsp3) is 0.0556. The highest BCUT2D eigenvalue weighted by Gasteiger charge is 2.01. The first-order valence-electron chi connectivity index (χ1n) is 6.37. The number of terminal acetylenes is 1. The highest BCUT2D eigenvalue weighted by Crippen LogP contribution is 2.20. The largest absolute Gasteiger partial charge is 0.481 e. The van der Waals surface area contributed by atoms with Crippen LogP contribution in [0.5, 0.6) is 5.75 Å². The van der Waals surface area contributed by atoms with Crippen LogP contribution in [0, 0.1) is 23.7 Å². The Morgan fingerprint density at radius 3 is 2.38 bits per heavy atom. The lowest BCUT2D eigenvalue weighted by Crippen LogP contribution is -1.92. The monoisotopic (exact) mass is 274 g/mol. The van der Waals surface area contributed by atoms with E-state index in [-0.39, 0.29) is 6.61 Å². The number of benzene rings is 2. The van der Waals surface area contributed by atoms with Crippen LogP contribution in [0.1, 0.15) is 11.1 Å². The lowest BCUT2D eigenvalue weighted by Gasteiger charge is -2.03. The van der Waals surface area contributed by atoms with E-state index in [1.807, 2.05) is 42.5 Å². The molecule has 0 fully saturated rings. The summed E-state index contributed by atoms with van der Waals surface area (Å²) in [7, 11) is 0. The molecule has 21 heavy (non-hydrogen) atoms. The van der Waals surface area contributed by atoms with Crippen LogP contribution < -0.4 is 10.5 Å². The van der Waals surface area contributed by atoms with Crippen LogP contribution in [0.25, 0.3) is 11.6 Å². The quantitative estimate of drug-likeness (QED) is 0.402. The van der Waals surface area contributed by atoms with E-state index >= 15 is 0 Å². The Kier molecular flexibility index (Phi) is 4.64. The van der Waals surface area contributed by atoms with Crippen LogP contribution >= 0.6 is 0 Å². The highest BCUT2D eigenvalue weighted by atomic mass is 16.5. The van der Waals surface area contributed by atoms with Gasteiger partial charge in [-0.15, -0.1) is 6.42 Å². The zero-order chi connectivity index (χ0) is 15.1. The molecule has 2 N–H and O–H groups in total. The molecule has 3 heteroatoms. The minimum Gasteiger partial charge on any atom is -0.481 e. The molecule has 0 unspecified atom stereocenters. The number of nitrogens with two attached hydrogens (primary N) is 1. The molecule has 0 aliphatic carbocycles. The van der Waals surface area contributed by atoms with E-state index in [2.05, 4.69) is 12.0 Å². The normalized spacial score (nSPS) is 10.5. The predicted octanol–water partition coefficient (Wildman–Crippen LogP) is 3.34. The maximum atomic E-state index is 9.28. The van der Waals surface area contributed by atoms with Crippen molar-refractivity contribution in [2.24, 2.45) is 0 Å². The van der Waals surface area contributed by atoms with Gasteiger partial charge in [0.25, 0.3) is 0 Å². The lowest BCUT2D eigenvalue weighted by molar-refractivity contribution is 0.370. The van der Waals surface area contributed by atoms with Gasteiger partial charge in [-0.25, -0.2) is 0 Å². The lowest BCUT2D eigenvalue weighted by atomic mass is 10.0. The number of nitrogen functional groups attached to an aromatic ring is 1. The van der Waals surface area contributed by atoms with Crippen molar-refractivity contribution < 1.29 is 4.74 Å². The maximum absolute atomic E-state index is 9.28. The predicted molar refractivity (Wildman–Crippen MR) is 85.1 cm³/mol. The van der Waals surface area contributed by atoms with E-state index in [0.717, 1.165) is 11.1 Å². The summed E-state index contributed by atoms with van der Waals surface area (Å²) < 4.78 is 5.30. The molecule has 0 atom stereocenters. The van der Waals surface area contributed by atoms with Crippen molar-refractivity contribution in [2.45, 2.75) is 0 Å². The number of anilines is 1. The third kappa shape index (κ3) is 3.89. The van der Waals surface area contributed by atoms with E-state index in [0.29, 0.717) is 17.0 Å². The molecule has 0 aromatic heterocycles. The highest BCUT2D eigenvalue weighted by molar-refractivity contribution is 5.89. The average molecular weight is 274 g/mol. The minimum atomic E-state index is 0.240. The zero-order valence-corrected chi connectivity index (χ0v) is 11.4. The van der Waals surface area contributed by atoms with E-state index in [9.17, 15) is 5.26 Å².